The van der Waals surface area contributed by atoms with E-state index in [4.69, 9.17) is 5.26 Å². The molecular formula is C11H9NOS. The van der Waals surface area contributed by atoms with E-state index in [2.05, 4.69) is 6.07 Å². The topological polar surface area (TPSA) is 44.0 Å². The third kappa shape index (κ3) is 1.34. The van der Waals surface area contributed by atoms with Gasteiger partial charge in [-0.15, -0.1) is 0 Å². The first kappa shape index (κ1) is 9.04. The average molecular weight is 203 g/mol. The van der Waals surface area contributed by atoms with E-state index in [1.54, 1.807) is 0 Å². The quantitative estimate of drug-likeness (QED) is 0.774. The van der Waals surface area contributed by atoms with Crippen molar-refractivity contribution in [1.29, 1.82) is 5.26 Å². The number of hydrogen-bond acceptors (Lipinski definition) is 3. The second-order valence-corrected chi connectivity index (χ2v) is 4.23. The van der Waals surface area contributed by atoms with Crippen molar-refractivity contribution in [3.8, 4) is 11.1 Å². The van der Waals surface area contributed by atoms with Crippen LogP contribution in [0.2, 0.25) is 0 Å². The van der Waals surface area contributed by atoms with Gasteiger partial charge in [-0.2, -0.15) is 5.26 Å². The van der Waals surface area contributed by atoms with Crippen molar-refractivity contribution >= 4 is 21.4 Å². The smallest absolute Gasteiger partial charge is 0.175 e. The Morgan fingerprint density at radius 1 is 1.50 bits per heavy atom. The van der Waals surface area contributed by atoms with Crippen LogP contribution < -0.4 is 0 Å². The molecule has 0 unspecified atom stereocenters. The fourth-order valence-electron chi connectivity index (χ4n) is 1.46. The summed E-state index contributed by atoms with van der Waals surface area (Å²) in [5.41, 5.74) is 1.91. The highest BCUT2D eigenvalue weighted by molar-refractivity contribution is 7.20. The van der Waals surface area contributed by atoms with Crippen LogP contribution in [0.1, 0.15) is 11.1 Å². The molecule has 0 saturated carbocycles. The van der Waals surface area contributed by atoms with E-state index >= 15 is 0 Å². The summed E-state index contributed by atoms with van der Waals surface area (Å²) in [7, 11) is 0. The normalized spacial score (nSPS) is 10.3. The molecule has 0 spiro atoms. The summed E-state index contributed by atoms with van der Waals surface area (Å²) >= 11 is 1.38. The van der Waals surface area contributed by atoms with Crippen LogP contribution in [0.4, 0.5) is 0 Å². The van der Waals surface area contributed by atoms with Gasteiger partial charge in [-0.25, -0.2) is 0 Å². The lowest BCUT2D eigenvalue weighted by Gasteiger charge is -1.95. The molecule has 14 heavy (non-hydrogen) atoms. The summed E-state index contributed by atoms with van der Waals surface area (Å²) < 4.78 is 1.07. The van der Waals surface area contributed by atoms with Crippen molar-refractivity contribution in [3.05, 3.63) is 29.3 Å². The molecule has 0 aliphatic carbocycles. The molecule has 0 fully saturated rings. The molecule has 0 bridgehead atoms. The number of nitriles is 1. The molecule has 0 saturated heterocycles. The third-order valence-corrected chi connectivity index (χ3v) is 3.33. The van der Waals surface area contributed by atoms with Crippen LogP contribution in [-0.2, 0) is 6.42 Å². The minimum absolute atomic E-state index is 0.370. The lowest BCUT2D eigenvalue weighted by molar-refractivity contribution is 0.487. The number of aromatic hydroxyl groups is 1. The Kier molecular flexibility index (Phi) is 2.14. The van der Waals surface area contributed by atoms with Crippen LogP contribution in [0.25, 0.3) is 10.1 Å². The molecule has 0 atom stereocenters. The number of nitrogens with zero attached hydrogens (tertiary/aromatic N) is 1. The Bertz CT molecular complexity index is 522. The summed E-state index contributed by atoms with van der Waals surface area (Å²) in [6, 6.07) is 7.98. The Labute approximate surface area is 86.0 Å². The Morgan fingerprint density at radius 2 is 2.29 bits per heavy atom. The Balaban J connectivity index is 2.65. The fourth-order valence-corrected chi connectivity index (χ4v) is 2.39. The van der Waals surface area contributed by atoms with Crippen molar-refractivity contribution in [2.24, 2.45) is 0 Å². The number of aryl methyl sites for hydroxylation is 1. The molecule has 1 heterocycles. The van der Waals surface area contributed by atoms with Gasteiger partial charge in [0.05, 0.1) is 12.5 Å². The number of benzene rings is 1. The van der Waals surface area contributed by atoms with Gasteiger partial charge in [0.1, 0.15) is 0 Å². The molecule has 0 radical (unpaired) electrons. The van der Waals surface area contributed by atoms with Crippen LogP contribution in [0.3, 0.4) is 0 Å². The molecule has 2 aromatic rings. The van der Waals surface area contributed by atoms with E-state index in [9.17, 15) is 5.11 Å². The van der Waals surface area contributed by atoms with Crippen LogP contribution in [0, 0.1) is 18.3 Å². The second-order valence-electron chi connectivity index (χ2n) is 3.20. The molecule has 3 heteroatoms. The first-order chi connectivity index (χ1) is 6.72. The highest BCUT2D eigenvalue weighted by Crippen LogP contribution is 2.36. The van der Waals surface area contributed by atoms with E-state index < -0.39 is 0 Å². The van der Waals surface area contributed by atoms with E-state index in [0.717, 1.165) is 21.2 Å². The Hall–Kier alpha value is -1.53. The number of fused-ring (bicyclic) bond motifs is 1. The molecule has 1 aromatic carbocycles. The minimum atomic E-state index is 0.370. The zero-order valence-electron chi connectivity index (χ0n) is 7.74. The van der Waals surface area contributed by atoms with Gasteiger partial charge in [0.15, 0.2) is 5.06 Å². The molecule has 0 amide bonds. The van der Waals surface area contributed by atoms with E-state index in [1.165, 1.54) is 11.3 Å². The first-order valence-corrected chi connectivity index (χ1v) is 5.12. The van der Waals surface area contributed by atoms with Crippen LogP contribution >= 0.6 is 11.3 Å². The summed E-state index contributed by atoms with van der Waals surface area (Å²) in [5.74, 6) is 0. The van der Waals surface area contributed by atoms with Gasteiger partial charge in [0, 0.05) is 10.3 Å². The predicted octanol–water partition coefficient (Wildman–Crippen LogP) is 2.98. The molecule has 0 aliphatic rings. The molecular weight excluding hydrogens is 194 g/mol. The average Bonchev–Trinajstić information content (AvgIpc) is 2.45. The lowest BCUT2D eigenvalue weighted by atomic mass is 10.1. The van der Waals surface area contributed by atoms with Gasteiger partial charge in [0.2, 0.25) is 0 Å². The molecule has 1 aromatic heterocycles. The Morgan fingerprint density at radius 3 is 3.00 bits per heavy atom. The molecule has 1 N–H and O–H groups in total. The monoisotopic (exact) mass is 203 g/mol. The SMILES string of the molecule is Cc1c(O)sc2ccc(CC#N)cc12. The maximum absolute atomic E-state index is 9.52. The highest BCUT2D eigenvalue weighted by atomic mass is 32.1. The minimum Gasteiger partial charge on any atom is -0.499 e. The van der Waals surface area contributed by atoms with Gasteiger partial charge in [-0.05, 0) is 30.0 Å². The van der Waals surface area contributed by atoms with E-state index in [1.807, 2.05) is 25.1 Å². The first-order valence-electron chi connectivity index (χ1n) is 4.30. The highest BCUT2D eigenvalue weighted by Gasteiger charge is 2.07. The standard InChI is InChI=1S/C11H9NOS/c1-7-9-6-8(4-5-12)2-3-10(9)14-11(7)13/h2-3,6,13H,4H2,1H3. The molecule has 2 rings (SSSR count). The van der Waals surface area contributed by atoms with Gasteiger partial charge in [-0.1, -0.05) is 17.4 Å². The predicted molar refractivity (Wildman–Crippen MR) is 57.5 cm³/mol. The zero-order chi connectivity index (χ0) is 10.1. The van der Waals surface area contributed by atoms with Crippen LogP contribution in [-0.4, -0.2) is 5.11 Å². The van der Waals surface area contributed by atoms with Crippen molar-refractivity contribution in [1.82, 2.24) is 0 Å². The summed E-state index contributed by atoms with van der Waals surface area (Å²) in [4.78, 5) is 0. The van der Waals surface area contributed by atoms with Gasteiger partial charge in [-0.3, -0.25) is 0 Å². The third-order valence-electron chi connectivity index (χ3n) is 2.26. The second kappa shape index (κ2) is 3.32. The number of hydrogen-bond donors (Lipinski definition) is 1. The summed E-state index contributed by atoms with van der Waals surface area (Å²) in [6.07, 6.45) is 0.423. The van der Waals surface area contributed by atoms with Gasteiger partial charge >= 0.3 is 0 Å². The largest absolute Gasteiger partial charge is 0.499 e. The maximum Gasteiger partial charge on any atom is 0.175 e. The van der Waals surface area contributed by atoms with Crippen LogP contribution in [0.15, 0.2) is 18.2 Å². The van der Waals surface area contributed by atoms with Gasteiger partial charge < -0.3 is 5.11 Å². The van der Waals surface area contributed by atoms with Gasteiger partial charge in [0.25, 0.3) is 0 Å². The molecule has 0 aliphatic heterocycles. The van der Waals surface area contributed by atoms with Crippen molar-refractivity contribution in [2.45, 2.75) is 13.3 Å². The van der Waals surface area contributed by atoms with E-state index in [-0.39, 0.29) is 0 Å². The van der Waals surface area contributed by atoms with Crippen LogP contribution in [0.5, 0.6) is 5.06 Å². The van der Waals surface area contributed by atoms with E-state index in [0.29, 0.717) is 11.5 Å². The molecule has 2 nitrogen and oxygen atoms in total. The lowest BCUT2D eigenvalue weighted by Crippen LogP contribution is -1.80. The molecule has 70 valence electrons. The van der Waals surface area contributed by atoms with Crippen molar-refractivity contribution < 1.29 is 5.11 Å². The number of thiophene rings is 1. The van der Waals surface area contributed by atoms with Crippen molar-refractivity contribution in [2.75, 3.05) is 0 Å². The summed E-state index contributed by atoms with van der Waals surface area (Å²) in [6.45, 7) is 1.89. The number of rotatable bonds is 1. The summed E-state index contributed by atoms with van der Waals surface area (Å²) in [5, 5.41) is 19.5. The maximum atomic E-state index is 9.52. The van der Waals surface area contributed by atoms with Crippen molar-refractivity contribution in [3.63, 3.8) is 0 Å². The fraction of sp³-hybridized carbons (Fsp3) is 0.182. The zero-order valence-corrected chi connectivity index (χ0v) is 8.56.